The Labute approximate surface area is 137 Å². The summed E-state index contributed by atoms with van der Waals surface area (Å²) in [6.45, 7) is 5.25. The second-order valence-electron chi connectivity index (χ2n) is 6.41. The molecular weight excluding hydrogens is 294 g/mol. The van der Waals surface area contributed by atoms with E-state index in [2.05, 4.69) is 12.2 Å². The van der Waals surface area contributed by atoms with Gasteiger partial charge in [0.05, 0.1) is 17.8 Å². The first-order valence-corrected chi connectivity index (χ1v) is 8.18. The fraction of sp³-hybridized carbons (Fsp3) is 0.647. The van der Waals surface area contributed by atoms with Gasteiger partial charge in [-0.05, 0) is 31.7 Å². The summed E-state index contributed by atoms with van der Waals surface area (Å²) in [6, 6.07) is 1.42. The second kappa shape index (κ2) is 7.17. The third kappa shape index (κ3) is 3.58. The molecular formula is C17H27N3O3. The normalized spacial score (nSPS) is 20.8. The molecule has 0 bridgehead atoms. The first-order valence-electron chi connectivity index (χ1n) is 8.18. The minimum atomic E-state index is -0.220. The number of urea groups is 1. The van der Waals surface area contributed by atoms with Crippen molar-refractivity contribution < 1.29 is 9.53 Å². The number of rotatable bonds is 5. The van der Waals surface area contributed by atoms with Crippen LogP contribution in [0.5, 0.6) is 0 Å². The molecule has 0 spiro atoms. The number of nitrogens with one attached hydrogen (secondary N) is 1. The van der Waals surface area contributed by atoms with Crippen molar-refractivity contribution in [2.45, 2.75) is 45.1 Å². The number of nitrogens with zero attached hydrogens (tertiary/aromatic N) is 2. The highest BCUT2D eigenvalue weighted by molar-refractivity contribution is 5.90. The van der Waals surface area contributed by atoms with E-state index in [0.29, 0.717) is 12.3 Å². The maximum absolute atomic E-state index is 12.8. The van der Waals surface area contributed by atoms with E-state index >= 15 is 0 Å². The number of methoxy groups -OCH3 is 1. The van der Waals surface area contributed by atoms with Gasteiger partial charge >= 0.3 is 6.03 Å². The zero-order valence-corrected chi connectivity index (χ0v) is 14.5. The molecule has 1 saturated heterocycles. The molecule has 0 radical (unpaired) electrons. The van der Waals surface area contributed by atoms with E-state index in [-0.39, 0.29) is 17.1 Å². The second-order valence-corrected chi connectivity index (χ2v) is 6.41. The average Bonchev–Trinajstić information content (AvgIpc) is 2.89. The summed E-state index contributed by atoms with van der Waals surface area (Å²) in [5, 5.41) is 2.96. The lowest BCUT2D eigenvalue weighted by Crippen LogP contribution is -2.52. The van der Waals surface area contributed by atoms with Gasteiger partial charge in [0.1, 0.15) is 0 Å². The molecule has 2 heterocycles. The van der Waals surface area contributed by atoms with Crippen LogP contribution in [0.15, 0.2) is 17.1 Å². The number of aromatic nitrogens is 1. The Bertz CT molecular complexity index is 618. The standard InChI is InChI=1S/C17H27N3O3/c1-5-7-17(12-23-4)8-6-9-20(17)16(22)18-14-11-19(3)15(21)10-13(14)2/h10-11H,5-9,12H2,1-4H3,(H,18,22). The number of likely N-dealkylation sites (tertiary alicyclic amines) is 1. The molecule has 1 unspecified atom stereocenters. The Morgan fingerprint density at radius 2 is 2.22 bits per heavy atom. The van der Waals surface area contributed by atoms with Crippen LogP contribution in [-0.4, -0.2) is 41.3 Å². The summed E-state index contributed by atoms with van der Waals surface area (Å²) in [5.41, 5.74) is 1.14. The molecule has 128 valence electrons. The van der Waals surface area contributed by atoms with E-state index in [1.807, 2.05) is 11.8 Å². The molecule has 1 aliphatic heterocycles. The zero-order chi connectivity index (χ0) is 17.0. The number of anilines is 1. The van der Waals surface area contributed by atoms with Gasteiger partial charge in [0.25, 0.3) is 5.56 Å². The molecule has 2 rings (SSSR count). The highest BCUT2D eigenvalue weighted by atomic mass is 16.5. The van der Waals surface area contributed by atoms with Crippen molar-refractivity contribution in [2.75, 3.05) is 25.6 Å². The number of hydrogen-bond acceptors (Lipinski definition) is 3. The third-order valence-corrected chi connectivity index (χ3v) is 4.65. The Kier molecular flexibility index (Phi) is 5.46. The molecule has 1 N–H and O–H groups in total. The monoisotopic (exact) mass is 321 g/mol. The van der Waals surface area contributed by atoms with Crippen LogP contribution in [0.3, 0.4) is 0 Å². The third-order valence-electron chi connectivity index (χ3n) is 4.65. The van der Waals surface area contributed by atoms with Gasteiger partial charge < -0.3 is 19.5 Å². The molecule has 23 heavy (non-hydrogen) atoms. The highest BCUT2D eigenvalue weighted by Crippen LogP contribution is 2.34. The van der Waals surface area contributed by atoms with Gasteiger partial charge in [0, 0.05) is 33.0 Å². The van der Waals surface area contributed by atoms with Crippen LogP contribution in [0.4, 0.5) is 10.5 Å². The Morgan fingerprint density at radius 3 is 2.87 bits per heavy atom. The molecule has 6 nitrogen and oxygen atoms in total. The van der Waals surface area contributed by atoms with Gasteiger partial charge in [-0.1, -0.05) is 13.3 Å². The van der Waals surface area contributed by atoms with Crippen LogP contribution in [0.25, 0.3) is 0 Å². The highest BCUT2D eigenvalue weighted by Gasteiger charge is 2.43. The van der Waals surface area contributed by atoms with Crippen molar-refractivity contribution in [1.29, 1.82) is 0 Å². The predicted molar refractivity (Wildman–Crippen MR) is 90.9 cm³/mol. The lowest BCUT2D eigenvalue weighted by molar-refractivity contribution is 0.0540. The Morgan fingerprint density at radius 1 is 1.48 bits per heavy atom. The minimum Gasteiger partial charge on any atom is -0.382 e. The maximum atomic E-state index is 12.8. The summed E-state index contributed by atoms with van der Waals surface area (Å²) < 4.78 is 6.88. The zero-order valence-electron chi connectivity index (χ0n) is 14.5. The van der Waals surface area contributed by atoms with E-state index in [1.54, 1.807) is 20.4 Å². The molecule has 2 amide bonds. The van der Waals surface area contributed by atoms with Crippen LogP contribution in [0.2, 0.25) is 0 Å². The number of carbonyl (C=O) groups is 1. The smallest absolute Gasteiger partial charge is 0.322 e. The molecule has 1 aliphatic rings. The van der Waals surface area contributed by atoms with Gasteiger partial charge in [-0.2, -0.15) is 0 Å². The number of hydrogen-bond donors (Lipinski definition) is 1. The summed E-state index contributed by atoms with van der Waals surface area (Å²) in [7, 11) is 3.36. The average molecular weight is 321 g/mol. The number of amides is 2. The van der Waals surface area contributed by atoms with Gasteiger partial charge in [0.15, 0.2) is 0 Å². The molecule has 1 aromatic rings. The number of aryl methyl sites for hydroxylation is 2. The van der Waals surface area contributed by atoms with Crippen molar-refractivity contribution in [3.63, 3.8) is 0 Å². The number of pyridine rings is 1. The number of ether oxygens (including phenoxy) is 1. The lowest BCUT2D eigenvalue weighted by Gasteiger charge is -2.38. The summed E-state index contributed by atoms with van der Waals surface area (Å²) in [6.07, 6.45) is 5.56. The van der Waals surface area contributed by atoms with Crippen molar-refractivity contribution in [3.05, 3.63) is 28.2 Å². The number of carbonyl (C=O) groups excluding carboxylic acids is 1. The molecule has 0 aliphatic carbocycles. The summed E-state index contributed by atoms with van der Waals surface area (Å²) in [4.78, 5) is 26.3. The van der Waals surface area contributed by atoms with Crippen molar-refractivity contribution in [3.8, 4) is 0 Å². The van der Waals surface area contributed by atoms with Crippen LogP contribution in [0.1, 0.15) is 38.2 Å². The van der Waals surface area contributed by atoms with Crippen LogP contribution in [0, 0.1) is 6.92 Å². The van der Waals surface area contributed by atoms with Gasteiger partial charge in [-0.3, -0.25) is 4.79 Å². The first-order chi connectivity index (χ1) is 10.9. The first kappa shape index (κ1) is 17.5. The summed E-state index contributed by atoms with van der Waals surface area (Å²) >= 11 is 0. The predicted octanol–water partition coefficient (Wildman–Crippen LogP) is 2.51. The van der Waals surface area contributed by atoms with Crippen molar-refractivity contribution >= 4 is 11.7 Å². The quantitative estimate of drug-likeness (QED) is 0.906. The van der Waals surface area contributed by atoms with E-state index in [0.717, 1.165) is 37.8 Å². The van der Waals surface area contributed by atoms with Gasteiger partial charge in [0.2, 0.25) is 0 Å². The minimum absolute atomic E-state index is 0.0821. The van der Waals surface area contributed by atoms with Crippen LogP contribution in [-0.2, 0) is 11.8 Å². The lowest BCUT2D eigenvalue weighted by atomic mass is 9.91. The van der Waals surface area contributed by atoms with E-state index in [4.69, 9.17) is 4.74 Å². The fourth-order valence-corrected chi connectivity index (χ4v) is 3.51. The topological polar surface area (TPSA) is 63.6 Å². The summed E-state index contributed by atoms with van der Waals surface area (Å²) in [5.74, 6) is 0. The Hall–Kier alpha value is -1.82. The van der Waals surface area contributed by atoms with Crippen LogP contribution < -0.4 is 10.9 Å². The fourth-order valence-electron chi connectivity index (χ4n) is 3.51. The SMILES string of the molecule is CCCC1(COC)CCCN1C(=O)Nc1cn(C)c(=O)cc1C. The molecule has 1 atom stereocenters. The van der Waals surface area contributed by atoms with Crippen LogP contribution >= 0.6 is 0 Å². The molecule has 1 fully saturated rings. The van der Waals surface area contributed by atoms with E-state index < -0.39 is 0 Å². The molecule has 0 saturated carbocycles. The maximum Gasteiger partial charge on any atom is 0.322 e. The largest absolute Gasteiger partial charge is 0.382 e. The Balaban J connectivity index is 2.22. The van der Waals surface area contributed by atoms with Gasteiger partial charge in [-0.15, -0.1) is 0 Å². The molecule has 1 aromatic heterocycles. The van der Waals surface area contributed by atoms with E-state index in [1.165, 1.54) is 10.6 Å². The molecule has 0 aromatic carbocycles. The molecule has 6 heteroatoms. The van der Waals surface area contributed by atoms with E-state index in [9.17, 15) is 9.59 Å². The van der Waals surface area contributed by atoms with Crippen molar-refractivity contribution in [1.82, 2.24) is 9.47 Å². The van der Waals surface area contributed by atoms with Crippen molar-refractivity contribution in [2.24, 2.45) is 7.05 Å². The van der Waals surface area contributed by atoms with Gasteiger partial charge in [-0.25, -0.2) is 4.79 Å².